The molecule has 4 N–H and O–H groups in total. The molecule has 0 aliphatic heterocycles. The van der Waals surface area contributed by atoms with Gasteiger partial charge in [-0.15, -0.1) is 0 Å². The molecule has 0 fully saturated rings. The van der Waals surface area contributed by atoms with E-state index in [0.29, 0.717) is 88.1 Å². The Morgan fingerprint density at radius 2 is 0.515 bits per heavy atom. The number of rotatable bonds is 4. The van der Waals surface area contributed by atoms with Gasteiger partial charge in [-0.3, -0.25) is 0 Å². The van der Waals surface area contributed by atoms with Gasteiger partial charge in [-0.25, -0.2) is 0 Å². The molecule has 4 aromatic heterocycles. The van der Waals surface area contributed by atoms with Crippen molar-refractivity contribution >= 4 is 87.2 Å². The Morgan fingerprint density at radius 1 is 0.273 bits per heavy atom. The second-order valence-electron chi connectivity index (χ2n) is 16.5. The van der Waals surface area contributed by atoms with E-state index in [2.05, 4.69) is 12.1 Å². The van der Waals surface area contributed by atoms with Gasteiger partial charge >= 0.3 is 0 Å². The van der Waals surface area contributed by atoms with Crippen LogP contribution in [0.2, 0.25) is 0 Å². The van der Waals surface area contributed by atoms with Gasteiger partial charge in [0.05, 0.1) is 66.9 Å². The molecule has 0 radical (unpaired) electrons. The zero-order valence-electron chi connectivity index (χ0n) is 34.6. The molecule has 0 bridgehead atoms. The molecule has 0 aliphatic rings. The third-order valence-electron chi connectivity index (χ3n) is 13.2. The standard InChI is InChI=1S/C56H32N6O4/c57-29-35-53(59-37-17-5-1-13-31(37)49-41(59)21-9-25-45(49)63)36(30-58)55(61-39-19-7-3-15-33(39)51-43(61)23-11-27-47(51)65)56(62-40-20-8-4-16-34(40)52-44(62)24-12-28-48(52)66)54(35)60-38-18-6-2-14-32(38)50-42(60)22-10-26-46(50)64/h1-28,63-66H. The van der Waals surface area contributed by atoms with Crippen LogP contribution in [0.1, 0.15) is 11.1 Å². The van der Waals surface area contributed by atoms with Crippen molar-refractivity contribution in [2.45, 2.75) is 0 Å². The Hall–Kier alpha value is -9.64. The van der Waals surface area contributed by atoms with E-state index in [4.69, 9.17) is 0 Å². The second-order valence-corrected chi connectivity index (χ2v) is 16.5. The second kappa shape index (κ2) is 13.4. The average molecular weight is 853 g/mol. The molecule has 4 heterocycles. The van der Waals surface area contributed by atoms with E-state index in [0.717, 1.165) is 16.2 Å². The first-order chi connectivity index (χ1) is 32.4. The number of phenols is 4. The van der Waals surface area contributed by atoms with Gasteiger partial charge in [0.25, 0.3) is 0 Å². The van der Waals surface area contributed by atoms with Crippen LogP contribution in [-0.2, 0) is 0 Å². The average Bonchev–Trinajstić information content (AvgIpc) is 4.07. The van der Waals surface area contributed by atoms with Gasteiger partial charge in [0.1, 0.15) is 46.3 Å². The lowest BCUT2D eigenvalue weighted by Crippen LogP contribution is -2.16. The zero-order chi connectivity index (χ0) is 44.5. The van der Waals surface area contributed by atoms with Crippen LogP contribution in [-0.4, -0.2) is 38.7 Å². The minimum absolute atomic E-state index is 0.0392. The number of nitrogens with zero attached hydrogens (tertiary/aromatic N) is 6. The molecule has 66 heavy (non-hydrogen) atoms. The lowest BCUT2D eigenvalue weighted by atomic mass is 9.98. The number of nitriles is 2. The highest BCUT2D eigenvalue weighted by molar-refractivity contribution is 6.18. The molecule has 13 rings (SSSR count). The number of hydrogen-bond acceptors (Lipinski definition) is 6. The van der Waals surface area contributed by atoms with E-state index in [1.54, 1.807) is 48.5 Å². The molecule has 0 unspecified atom stereocenters. The summed E-state index contributed by atoms with van der Waals surface area (Å²) in [5.41, 5.74) is 6.72. The Labute approximate surface area is 373 Å². The number of benzene rings is 9. The first kappa shape index (κ1) is 37.0. The molecule has 0 saturated carbocycles. The number of hydrogen-bond donors (Lipinski definition) is 4. The topological polar surface area (TPSA) is 148 Å². The Bertz CT molecular complexity index is 4220. The third-order valence-corrected chi connectivity index (χ3v) is 13.2. The van der Waals surface area contributed by atoms with Gasteiger partial charge in [0, 0.05) is 43.1 Å². The van der Waals surface area contributed by atoms with Crippen LogP contribution < -0.4 is 0 Å². The summed E-state index contributed by atoms with van der Waals surface area (Å²) in [5, 5.41) is 76.2. The van der Waals surface area contributed by atoms with E-state index >= 15 is 0 Å². The monoisotopic (exact) mass is 852 g/mol. The Kier molecular flexibility index (Phi) is 7.52. The van der Waals surface area contributed by atoms with E-state index in [9.17, 15) is 30.9 Å². The molecule has 9 aromatic carbocycles. The van der Waals surface area contributed by atoms with Gasteiger partial charge < -0.3 is 38.7 Å². The van der Waals surface area contributed by atoms with Gasteiger partial charge in [-0.2, -0.15) is 10.5 Å². The number of aromatic nitrogens is 4. The Balaban J connectivity index is 1.41. The van der Waals surface area contributed by atoms with Crippen molar-refractivity contribution in [2.24, 2.45) is 0 Å². The van der Waals surface area contributed by atoms with Crippen LogP contribution in [0.3, 0.4) is 0 Å². The highest BCUT2D eigenvalue weighted by atomic mass is 16.3. The molecule has 310 valence electrons. The van der Waals surface area contributed by atoms with Gasteiger partial charge in [0.15, 0.2) is 0 Å². The molecule has 0 spiro atoms. The summed E-state index contributed by atoms with van der Waals surface area (Å²) < 4.78 is 7.90. The van der Waals surface area contributed by atoms with Crippen molar-refractivity contribution in [1.82, 2.24) is 18.3 Å². The molecule has 0 saturated heterocycles. The molecule has 10 heteroatoms. The fraction of sp³-hybridized carbons (Fsp3) is 0. The lowest BCUT2D eigenvalue weighted by molar-refractivity contribution is 0.481. The minimum atomic E-state index is 0.0392. The van der Waals surface area contributed by atoms with Crippen LogP contribution in [0.5, 0.6) is 23.0 Å². The zero-order valence-corrected chi connectivity index (χ0v) is 34.6. The largest absolute Gasteiger partial charge is 0.507 e. The molecule has 10 nitrogen and oxygen atoms in total. The lowest BCUT2D eigenvalue weighted by Gasteiger charge is -2.27. The maximum absolute atomic E-state index is 12.1. The maximum Gasteiger partial charge on any atom is 0.125 e. The van der Waals surface area contributed by atoms with E-state index < -0.39 is 0 Å². The van der Waals surface area contributed by atoms with Crippen molar-refractivity contribution in [3.63, 3.8) is 0 Å². The highest BCUT2D eigenvalue weighted by Crippen LogP contribution is 2.51. The van der Waals surface area contributed by atoms with Crippen molar-refractivity contribution in [3.05, 3.63) is 181 Å². The normalized spacial score (nSPS) is 11.8. The van der Waals surface area contributed by atoms with Crippen LogP contribution in [0.4, 0.5) is 0 Å². The maximum atomic E-state index is 12.1. The quantitative estimate of drug-likeness (QED) is 0.139. The predicted molar refractivity (Wildman–Crippen MR) is 260 cm³/mol. The minimum Gasteiger partial charge on any atom is -0.507 e. The van der Waals surface area contributed by atoms with Crippen LogP contribution in [0.15, 0.2) is 170 Å². The summed E-state index contributed by atoms with van der Waals surface area (Å²) in [4.78, 5) is 0. The van der Waals surface area contributed by atoms with Crippen molar-refractivity contribution in [2.75, 3.05) is 0 Å². The van der Waals surface area contributed by atoms with Gasteiger partial charge in [0.2, 0.25) is 0 Å². The summed E-state index contributed by atoms with van der Waals surface area (Å²) >= 11 is 0. The first-order valence-electron chi connectivity index (χ1n) is 21.3. The molecular weight excluding hydrogens is 821 g/mol. The fourth-order valence-electron chi connectivity index (χ4n) is 10.7. The summed E-state index contributed by atoms with van der Waals surface area (Å²) in [6.45, 7) is 0. The van der Waals surface area contributed by atoms with Crippen molar-refractivity contribution < 1.29 is 20.4 Å². The summed E-state index contributed by atoms with van der Waals surface area (Å²) in [7, 11) is 0. The molecular formula is C56H32N6O4. The smallest absolute Gasteiger partial charge is 0.125 e. The van der Waals surface area contributed by atoms with Crippen molar-refractivity contribution in [1.29, 1.82) is 10.5 Å². The summed E-state index contributed by atoms with van der Waals surface area (Å²) in [6.07, 6.45) is 0. The fourth-order valence-corrected chi connectivity index (χ4v) is 10.7. The van der Waals surface area contributed by atoms with E-state index in [1.807, 2.05) is 140 Å². The number of phenolic OH excluding ortho intramolecular Hbond substituents is 4. The van der Waals surface area contributed by atoms with Gasteiger partial charge in [-0.05, 0) is 72.8 Å². The van der Waals surface area contributed by atoms with E-state index in [1.165, 1.54) is 0 Å². The number of para-hydroxylation sites is 4. The van der Waals surface area contributed by atoms with Crippen LogP contribution in [0, 0.1) is 22.7 Å². The van der Waals surface area contributed by atoms with E-state index in [-0.39, 0.29) is 39.8 Å². The summed E-state index contributed by atoms with van der Waals surface area (Å²) in [5.74, 6) is 0.192. The molecule has 0 amide bonds. The Morgan fingerprint density at radius 3 is 0.803 bits per heavy atom. The number of aromatic hydroxyl groups is 4. The summed E-state index contributed by atoms with van der Waals surface area (Å²) in [6, 6.07) is 57.3. The molecule has 13 aromatic rings. The predicted octanol–water partition coefficient (Wildman–Crippen LogP) is 12.6. The highest BCUT2D eigenvalue weighted by Gasteiger charge is 2.35. The third kappa shape index (κ3) is 4.65. The van der Waals surface area contributed by atoms with Crippen LogP contribution >= 0.6 is 0 Å². The molecule has 0 aliphatic carbocycles. The number of fused-ring (bicyclic) bond motifs is 12. The SMILES string of the molecule is N#Cc1c(-n2c3ccccc3c3c(O)cccc32)c(C#N)c(-n2c3ccccc3c3c(O)cccc32)c(-n2c3ccccc3c3c(O)cccc32)c1-n1c2ccccc2c2c(O)cccc21. The molecule has 0 atom stereocenters. The van der Waals surface area contributed by atoms with Gasteiger partial charge in [-0.1, -0.05) is 97.1 Å². The van der Waals surface area contributed by atoms with Crippen LogP contribution in [0.25, 0.3) is 110 Å². The first-order valence-corrected chi connectivity index (χ1v) is 21.3. The van der Waals surface area contributed by atoms with Crippen molar-refractivity contribution in [3.8, 4) is 57.9 Å².